The minimum atomic E-state index is 0.596. The van der Waals surface area contributed by atoms with Gasteiger partial charge in [0, 0.05) is 19.1 Å². The van der Waals surface area contributed by atoms with Gasteiger partial charge in [0.2, 0.25) is 0 Å². The van der Waals surface area contributed by atoms with Crippen molar-refractivity contribution in [2.75, 3.05) is 26.7 Å². The zero-order valence-corrected chi connectivity index (χ0v) is 11.0. The average molecular weight is 212 g/mol. The van der Waals surface area contributed by atoms with E-state index in [1.165, 1.54) is 32.2 Å². The molecule has 0 saturated heterocycles. The van der Waals surface area contributed by atoms with E-state index in [2.05, 4.69) is 38.0 Å². The van der Waals surface area contributed by atoms with E-state index in [-0.39, 0.29) is 0 Å². The summed E-state index contributed by atoms with van der Waals surface area (Å²) in [5.74, 6) is 0. The molecule has 0 radical (unpaired) electrons. The molecule has 2 nitrogen and oxygen atoms in total. The van der Waals surface area contributed by atoms with E-state index in [9.17, 15) is 0 Å². The zero-order valence-electron chi connectivity index (χ0n) is 11.0. The molecule has 0 atom stereocenters. The molecule has 1 aliphatic rings. The van der Waals surface area contributed by atoms with Crippen LogP contribution < -0.4 is 5.32 Å². The maximum Gasteiger partial charge on any atom is 0.0104 e. The summed E-state index contributed by atoms with van der Waals surface area (Å²) >= 11 is 0. The molecule has 0 amide bonds. The van der Waals surface area contributed by atoms with E-state index >= 15 is 0 Å². The summed E-state index contributed by atoms with van der Waals surface area (Å²) in [6.45, 7) is 10.5. The summed E-state index contributed by atoms with van der Waals surface area (Å²) in [7, 11) is 2.19. The van der Waals surface area contributed by atoms with Gasteiger partial charge in [0.05, 0.1) is 0 Å². The molecule has 1 aliphatic carbocycles. The van der Waals surface area contributed by atoms with E-state index in [0.717, 1.165) is 19.1 Å². The minimum absolute atomic E-state index is 0.596. The van der Waals surface area contributed by atoms with Gasteiger partial charge in [-0.3, -0.25) is 0 Å². The second-order valence-electron chi connectivity index (χ2n) is 5.79. The van der Waals surface area contributed by atoms with Gasteiger partial charge >= 0.3 is 0 Å². The number of likely N-dealkylation sites (N-methyl/N-ethyl adjacent to an activating group) is 1. The van der Waals surface area contributed by atoms with Crippen LogP contribution in [0, 0.1) is 5.41 Å². The first-order chi connectivity index (χ1) is 7.03. The number of hydrogen-bond donors (Lipinski definition) is 1. The SMILES string of the molecule is CCN(C)CCNC1CCC(C)(C)CC1. The Morgan fingerprint density at radius 1 is 1.27 bits per heavy atom. The molecule has 90 valence electrons. The summed E-state index contributed by atoms with van der Waals surface area (Å²) in [5, 5.41) is 3.68. The summed E-state index contributed by atoms with van der Waals surface area (Å²) in [6.07, 6.45) is 5.49. The Hall–Kier alpha value is -0.0800. The molecule has 1 saturated carbocycles. The highest BCUT2D eigenvalue weighted by molar-refractivity contribution is 4.82. The van der Waals surface area contributed by atoms with Crippen molar-refractivity contribution < 1.29 is 0 Å². The standard InChI is InChI=1S/C13H28N2/c1-5-15(4)11-10-14-12-6-8-13(2,3)9-7-12/h12,14H,5-11H2,1-4H3. The van der Waals surface area contributed by atoms with Crippen molar-refractivity contribution in [2.24, 2.45) is 5.41 Å². The van der Waals surface area contributed by atoms with Crippen molar-refractivity contribution in [1.29, 1.82) is 0 Å². The van der Waals surface area contributed by atoms with Crippen LogP contribution in [0.2, 0.25) is 0 Å². The van der Waals surface area contributed by atoms with Gasteiger partial charge in [-0.25, -0.2) is 0 Å². The van der Waals surface area contributed by atoms with Crippen molar-refractivity contribution in [3.05, 3.63) is 0 Å². The predicted octanol–water partition coefficient (Wildman–Crippen LogP) is 2.50. The van der Waals surface area contributed by atoms with Crippen LogP contribution in [0.15, 0.2) is 0 Å². The molecule has 0 unspecified atom stereocenters. The van der Waals surface area contributed by atoms with Crippen LogP contribution in [0.3, 0.4) is 0 Å². The Kier molecular flexibility index (Phi) is 5.07. The lowest BCUT2D eigenvalue weighted by molar-refractivity contribution is 0.203. The summed E-state index contributed by atoms with van der Waals surface area (Å²) in [6, 6.07) is 0.781. The fourth-order valence-corrected chi connectivity index (χ4v) is 2.22. The Labute approximate surface area is 95.4 Å². The van der Waals surface area contributed by atoms with E-state index < -0.39 is 0 Å². The first-order valence-corrected chi connectivity index (χ1v) is 6.45. The van der Waals surface area contributed by atoms with Crippen LogP contribution in [-0.2, 0) is 0 Å². The molecule has 15 heavy (non-hydrogen) atoms. The van der Waals surface area contributed by atoms with Crippen LogP contribution in [0.4, 0.5) is 0 Å². The van der Waals surface area contributed by atoms with Gasteiger partial charge in [0.25, 0.3) is 0 Å². The molecule has 0 aliphatic heterocycles. The van der Waals surface area contributed by atoms with E-state index in [1.807, 2.05) is 0 Å². The van der Waals surface area contributed by atoms with Gasteiger partial charge in [0.15, 0.2) is 0 Å². The lowest BCUT2D eigenvalue weighted by atomic mass is 9.75. The number of hydrogen-bond acceptors (Lipinski definition) is 2. The lowest BCUT2D eigenvalue weighted by Crippen LogP contribution is -2.39. The molecule has 1 N–H and O–H groups in total. The summed E-state index contributed by atoms with van der Waals surface area (Å²) < 4.78 is 0. The minimum Gasteiger partial charge on any atom is -0.313 e. The quantitative estimate of drug-likeness (QED) is 0.753. The third kappa shape index (κ3) is 4.98. The van der Waals surface area contributed by atoms with Crippen LogP contribution in [0.5, 0.6) is 0 Å². The van der Waals surface area contributed by atoms with Gasteiger partial charge in [0.1, 0.15) is 0 Å². The summed E-state index contributed by atoms with van der Waals surface area (Å²) in [4.78, 5) is 2.36. The second kappa shape index (κ2) is 5.86. The normalized spacial score (nSPS) is 22.2. The third-order valence-electron chi connectivity index (χ3n) is 3.81. The lowest BCUT2D eigenvalue weighted by Gasteiger charge is -2.35. The highest BCUT2D eigenvalue weighted by atomic mass is 15.1. The smallest absolute Gasteiger partial charge is 0.0104 e. The molecule has 0 aromatic carbocycles. The van der Waals surface area contributed by atoms with Gasteiger partial charge in [-0.15, -0.1) is 0 Å². The maximum atomic E-state index is 3.68. The van der Waals surface area contributed by atoms with Crippen LogP contribution >= 0.6 is 0 Å². The van der Waals surface area contributed by atoms with Crippen molar-refractivity contribution in [3.63, 3.8) is 0 Å². The number of rotatable bonds is 5. The zero-order chi connectivity index (χ0) is 11.3. The Bertz CT molecular complexity index is 167. The average Bonchev–Trinajstić information content (AvgIpc) is 2.20. The van der Waals surface area contributed by atoms with Crippen molar-refractivity contribution >= 4 is 0 Å². The number of nitrogens with one attached hydrogen (secondary N) is 1. The highest BCUT2D eigenvalue weighted by Gasteiger charge is 2.26. The largest absolute Gasteiger partial charge is 0.313 e. The molecule has 0 heterocycles. The molecular weight excluding hydrogens is 184 g/mol. The highest BCUT2D eigenvalue weighted by Crippen LogP contribution is 2.34. The molecule has 1 fully saturated rings. The predicted molar refractivity (Wildman–Crippen MR) is 67.2 cm³/mol. The monoisotopic (exact) mass is 212 g/mol. The van der Waals surface area contributed by atoms with E-state index in [1.54, 1.807) is 0 Å². The Morgan fingerprint density at radius 3 is 2.40 bits per heavy atom. The third-order valence-corrected chi connectivity index (χ3v) is 3.81. The topological polar surface area (TPSA) is 15.3 Å². The fourth-order valence-electron chi connectivity index (χ4n) is 2.22. The molecule has 0 bridgehead atoms. The molecule has 0 spiro atoms. The Balaban J connectivity index is 2.09. The van der Waals surface area contributed by atoms with Gasteiger partial charge in [-0.2, -0.15) is 0 Å². The van der Waals surface area contributed by atoms with Crippen LogP contribution in [-0.4, -0.2) is 37.6 Å². The van der Waals surface area contributed by atoms with E-state index in [0.29, 0.717) is 5.41 Å². The van der Waals surface area contributed by atoms with Crippen LogP contribution in [0.1, 0.15) is 46.5 Å². The van der Waals surface area contributed by atoms with E-state index in [4.69, 9.17) is 0 Å². The summed E-state index contributed by atoms with van der Waals surface area (Å²) in [5.41, 5.74) is 0.596. The van der Waals surface area contributed by atoms with Crippen molar-refractivity contribution in [2.45, 2.75) is 52.5 Å². The molecule has 0 aromatic heterocycles. The molecule has 0 aromatic rings. The van der Waals surface area contributed by atoms with Crippen molar-refractivity contribution in [1.82, 2.24) is 10.2 Å². The van der Waals surface area contributed by atoms with Gasteiger partial charge < -0.3 is 10.2 Å². The second-order valence-corrected chi connectivity index (χ2v) is 5.79. The molecule has 1 rings (SSSR count). The molecule has 2 heteroatoms. The first-order valence-electron chi connectivity index (χ1n) is 6.45. The molecular formula is C13H28N2. The number of nitrogens with zero attached hydrogens (tertiary/aromatic N) is 1. The maximum absolute atomic E-state index is 3.68. The van der Waals surface area contributed by atoms with Gasteiger partial charge in [-0.05, 0) is 44.7 Å². The van der Waals surface area contributed by atoms with Crippen LogP contribution in [0.25, 0.3) is 0 Å². The van der Waals surface area contributed by atoms with Gasteiger partial charge in [-0.1, -0.05) is 20.8 Å². The first kappa shape index (κ1) is 13.0. The Morgan fingerprint density at radius 2 is 1.87 bits per heavy atom. The fraction of sp³-hybridized carbons (Fsp3) is 1.00. The van der Waals surface area contributed by atoms with Crippen molar-refractivity contribution in [3.8, 4) is 0 Å².